The van der Waals surface area contributed by atoms with Crippen molar-refractivity contribution in [2.24, 2.45) is 0 Å². The summed E-state index contributed by atoms with van der Waals surface area (Å²) in [6.07, 6.45) is 4.04. The van der Waals surface area contributed by atoms with Gasteiger partial charge in [-0.3, -0.25) is 14.5 Å². The Morgan fingerprint density at radius 3 is 2.62 bits per heavy atom. The molecule has 0 saturated carbocycles. The van der Waals surface area contributed by atoms with E-state index in [1.165, 1.54) is 0 Å². The third-order valence-electron chi connectivity index (χ3n) is 3.65. The van der Waals surface area contributed by atoms with Gasteiger partial charge in [-0.1, -0.05) is 49.5 Å². The molecule has 0 aliphatic carbocycles. The second kappa shape index (κ2) is 8.30. The average molecular weight is 364 g/mol. The first-order chi connectivity index (χ1) is 11.4. The van der Waals surface area contributed by atoms with Gasteiger partial charge in [-0.05, 0) is 30.2 Å². The lowest BCUT2D eigenvalue weighted by atomic mass is 10.1. The number of anilines is 1. The molecule has 1 aliphatic heterocycles. The van der Waals surface area contributed by atoms with Gasteiger partial charge in [0, 0.05) is 19.3 Å². The minimum absolute atomic E-state index is 0.282. The highest BCUT2D eigenvalue weighted by Gasteiger charge is 2.33. The highest BCUT2D eigenvalue weighted by molar-refractivity contribution is 8.26. The van der Waals surface area contributed by atoms with E-state index >= 15 is 0 Å². The summed E-state index contributed by atoms with van der Waals surface area (Å²) in [5.74, 6) is -1.43. The van der Waals surface area contributed by atoms with Gasteiger partial charge in [-0.25, -0.2) is 0 Å². The molecule has 24 heavy (non-hydrogen) atoms. The number of carboxylic acid groups (broad SMARTS) is 1. The van der Waals surface area contributed by atoms with Crippen molar-refractivity contribution in [1.82, 2.24) is 4.90 Å². The Bertz CT molecular complexity index is 671. The Morgan fingerprint density at radius 1 is 1.38 bits per heavy atom. The maximum atomic E-state index is 12.2. The molecule has 1 saturated heterocycles. The lowest BCUT2D eigenvalue weighted by Crippen LogP contribution is -2.33. The Morgan fingerprint density at radius 2 is 2.04 bits per heavy atom. The third-order valence-corrected chi connectivity index (χ3v) is 5.02. The Balaban J connectivity index is 2.10. The molecule has 1 aromatic rings. The van der Waals surface area contributed by atoms with Crippen LogP contribution in [0.5, 0.6) is 0 Å². The first-order valence-electron chi connectivity index (χ1n) is 7.70. The van der Waals surface area contributed by atoms with Crippen molar-refractivity contribution in [3.63, 3.8) is 0 Å². The van der Waals surface area contributed by atoms with Crippen LogP contribution < -0.4 is 4.90 Å². The zero-order valence-corrected chi connectivity index (χ0v) is 15.3. The summed E-state index contributed by atoms with van der Waals surface area (Å²) >= 11 is 6.22. The molecule has 128 valence electrons. The number of thioether (sulfide) groups is 1. The molecule has 0 bridgehead atoms. The molecule has 0 radical (unpaired) electrons. The molecule has 1 amide bonds. The van der Waals surface area contributed by atoms with Crippen LogP contribution in [0.3, 0.4) is 0 Å². The van der Waals surface area contributed by atoms with Crippen molar-refractivity contribution in [3.05, 3.63) is 34.7 Å². The van der Waals surface area contributed by atoms with E-state index in [1.54, 1.807) is 6.08 Å². The van der Waals surface area contributed by atoms with E-state index in [0.717, 1.165) is 47.3 Å². The minimum Gasteiger partial charge on any atom is -0.480 e. The Labute approximate surface area is 151 Å². The number of amides is 1. The second-order valence-corrected chi connectivity index (χ2v) is 7.20. The minimum atomic E-state index is -1.08. The number of carboxylic acids is 1. The molecule has 1 aliphatic rings. The van der Waals surface area contributed by atoms with Gasteiger partial charge < -0.3 is 10.0 Å². The molecular formula is C17H20N2O3S2. The average Bonchev–Trinajstić information content (AvgIpc) is 2.80. The molecule has 1 heterocycles. The lowest BCUT2D eigenvalue weighted by Gasteiger charge is -2.18. The zero-order valence-electron chi connectivity index (χ0n) is 13.7. The van der Waals surface area contributed by atoms with Crippen LogP contribution in [0, 0.1) is 0 Å². The molecule has 5 nitrogen and oxygen atoms in total. The molecule has 1 aromatic carbocycles. The first-order valence-corrected chi connectivity index (χ1v) is 8.93. The number of nitrogens with zero attached hydrogens (tertiary/aromatic N) is 2. The topological polar surface area (TPSA) is 60.9 Å². The van der Waals surface area contributed by atoms with Gasteiger partial charge >= 0.3 is 5.97 Å². The van der Waals surface area contributed by atoms with Gasteiger partial charge in [0.2, 0.25) is 0 Å². The molecule has 0 unspecified atom stereocenters. The number of thiocarbonyl (C=S) groups is 1. The number of unbranched alkanes of at least 4 members (excludes halogenated alkanes) is 1. The molecular weight excluding hydrogens is 344 g/mol. The van der Waals surface area contributed by atoms with Crippen LogP contribution in [0.1, 0.15) is 25.3 Å². The summed E-state index contributed by atoms with van der Waals surface area (Å²) in [6.45, 7) is 2.77. The molecule has 1 fully saturated rings. The van der Waals surface area contributed by atoms with E-state index < -0.39 is 12.5 Å². The predicted molar refractivity (Wildman–Crippen MR) is 102 cm³/mol. The van der Waals surface area contributed by atoms with E-state index in [1.807, 2.05) is 24.3 Å². The number of carbonyl (C=O) groups excluding carboxylic acids is 1. The molecule has 0 spiro atoms. The predicted octanol–water partition coefficient (Wildman–Crippen LogP) is 3.21. The van der Waals surface area contributed by atoms with Gasteiger partial charge in [0.15, 0.2) is 0 Å². The summed E-state index contributed by atoms with van der Waals surface area (Å²) in [7, 11) is 2.06. The second-order valence-electron chi connectivity index (χ2n) is 5.53. The largest absolute Gasteiger partial charge is 0.480 e. The third kappa shape index (κ3) is 4.58. The van der Waals surface area contributed by atoms with E-state index in [4.69, 9.17) is 17.3 Å². The molecule has 1 N–H and O–H groups in total. The summed E-state index contributed by atoms with van der Waals surface area (Å²) in [5, 5.41) is 8.84. The van der Waals surface area contributed by atoms with Crippen molar-refractivity contribution in [3.8, 4) is 0 Å². The smallest absolute Gasteiger partial charge is 0.323 e. The van der Waals surface area contributed by atoms with Crippen LogP contribution in [-0.4, -0.2) is 46.3 Å². The SMILES string of the molecule is CCCCN(C)c1ccc(C=C2SC(=S)N(CC(=O)O)C2=O)cc1. The fourth-order valence-corrected chi connectivity index (χ4v) is 3.53. The van der Waals surface area contributed by atoms with Crippen molar-refractivity contribution in [2.45, 2.75) is 19.8 Å². The van der Waals surface area contributed by atoms with Crippen LogP contribution in [0.4, 0.5) is 5.69 Å². The van der Waals surface area contributed by atoms with E-state index in [-0.39, 0.29) is 10.2 Å². The summed E-state index contributed by atoms with van der Waals surface area (Å²) in [4.78, 5) is 26.8. The van der Waals surface area contributed by atoms with Crippen LogP contribution in [-0.2, 0) is 9.59 Å². The monoisotopic (exact) mass is 364 g/mol. The zero-order chi connectivity index (χ0) is 17.7. The molecule has 0 aromatic heterocycles. The standard InChI is InChI=1S/C17H20N2O3S2/c1-3-4-9-18(2)13-7-5-12(6-8-13)10-14-16(22)19(11-15(20)21)17(23)24-14/h5-8,10H,3-4,9,11H2,1-2H3,(H,20,21). The quantitative estimate of drug-likeness (QED) is 0.592. The number of hydrogen-bond donors (Lipinski definition) is 1. The van der Waals surface area contributed by atoms with Gasteiger partial charge in [-0.2, -0.15) is 0 Å². The van der Waals surface area contributed by atoms with Crippen molar-refractivity contribution >= 4 is 51.9 Å². The fraction of sp³-hybridized carbons (Fsp3) is 0.353. The highest BCUT2D eigenvalue weighted by Crippen LogP contribution is 2.32. The summed E-state index contributed by atoms with van der Waals surface area (Å²) in [6, 6.07) is 7.92. The Kier molecular flexibility index (Phi) is 6.39. The van der Waals surface area contributed by atoms with Gasteiger partial charge in [0.05, 0.1) is 4.91 Å². The maximum Gasteiger partial charge on any atom is 0.323 e. The van der Waals surface area contributed by atoms with Crippen molar-refractivity contribution < 1.29 is 14.7 Å². The fourth-order valence-electron chi connectivity index (χ4n) is 2.27. The lowest BCUT2D eigenvalue weighted by molar-refractivity contribution is -0.140. The van der Waals surface area contributed by atoms with E-state index in [9.17, 15) is 9.59 Å². The number of benzene rings is 1. The van der Waals surface area contributed by atoms with Crippen LogP contribution in [0.25, 0.3) is 6.08 Å². The summed E-state index contributed by atoms with van der Waals surface area (Å²) in [5.41, 5.74) is 2.01. The molecule has 0 atom stereocenters. The van der Waals surface area contributed by atoms with Gasteiger partial charge in [0.25, 0.3) is 5.91 Å². The van der Waals surface area contributed by atoms with E-state index in [2.05, 4.69) is 18.9 Å². The first kappa shape index (κ1) is 18.5. The van der Waals surface area contributed by atoms with Gasteiger partial charge in [-0.15, -0.1) is 0 Å². The Hall–Kier alpha value is -1.86. The number of rotatable bonds is 7. The maximum absolute atomic E-state index is 12.2. The van der Waals surface area contributed by atoms with Crippen molar-refractivity contribution in [2.75, 3.05) is 25.0 Å². The number of carbonyl (C=O) groups is 2. The van der Waals surface area contributed by atoms with Crippen LogP contribution >= 0.6 is 24.0 Å². The molecule has 2 rings (SSSR count). The summed E-state index contributed by atoms with van der Waals surface area (Å²) < 4.78 is 0.282. The van der Waals surface area contributed by atoms with Crippen molar-refractivity contribution in [1.29, 1.82) is 0 Å². The van der Waals surface area contributed by atoms with Gasteiger partial charge in [0.1, 0.15) is 10.9 Å². The molecule has 7 heteroatoms. The number of hydrogen-bond acceptors (Lipinski definition) is 5. The normalized spacial score (nSPS) is 16.1. The van der Waals surface area contributed by atoms with Crippen LogP contribution in [0.2, 0.25) is 0 Å². The number of aliphatic carboxylic acids is 1. The highest BCUT2D eigenvalue weighted by atomic mass is 32.2. The van der Waals surface area contributed by atoms with Crippen LogP contribution in [0.15, 0.2) is 29.2 Å². The van der Waals surface area contributed by atoms with E-state index in [0.29, 0.717) is 4.91 Å².